The highest BCUT2D eigenvalue weighted by atomic mass is 19.1. The first-order valence-corrected chi connectivity index (χ1v) is 12.8. The molecule has 0 radical (unpaired) electrons. The minimum absolute atomic E-state index is 0.228. The van der Waals surface area contributed by atoms with Crippen molar-refractivity contribution in [3.63, 3.8) is 0 Å². The fraction of sp³-hybridized carbons (Fsp3) is 0.607. The van der Waals surface area contributed by atoms with Crippen molar-refractivity contribution in [3.05, 3.63) is 53.4 Å². The summed E-state index contributed by atoms with van der Waals surface area (Å²) in [6.45, 7) is 2.77. The minimum atomic E-state index is -0.469. The highest BCUT2D eigenvalue weighted by Gasteiger charge is 2.25. The van der Waals surface area contributed by atoms with Crippen LogP contribution in [-0.4, -0.2) is 16.6 Å². The maximum absolute atomic E-state index is 14.0. The van der Waals surface area contributed by atoms with Gasteiger partial charge in [0, 0.05) is 18.3 Å². The molecule has 1 heterocycles. The second-order valence-corrected chi connectivity index (χ2v) is 9.46. The molecule has 1 fully saturated rings. The second kappa shape index (κ2) is 13.9. The monoisotopic (exact) mass is 451 g/mol. The lowest BCUT2D eigenvalue weighted by molar-refractivity contribution is 0.192. The van der Waals surface area contributed by atoms with Crippen molar-refractivity contribution in [2.45, 2.75) is 96.3 Å². The van der Waals surface area contributed by atoms with Crippen LogP contribution in [0.15, 0.2) is 30.6 Å². The lowest BCUT2D eigenvalue weighted by Gasteiger charge is -2.27. The molecule has 33 heavy (non-hydrogen) atoms. The Morgan fingerprint density at radius 3 is 2.27 bits per heavy atom. The van der Waals surface area contributed by atoms with E-state index in [1.54, 1.807) is 12.1 Å². The maximum Gasteiger partial charge on any atom is 0.166 e. The van der Waals surface area contributed by atoms with Crippen LogP contribution in [0.1, 0.15) is 107 Å². The summed E-state index contributed by atoms with van der Waals surface area (Å²) in [7, 11) is 0. The summed E-state index contributed by atoms with van der Waals surface area (Å²) in [5, 5.41) is 8.84. The van der Waals surface area contributed by atoms with E-state index in [1.807, 2.05) is 18.5 Å². The summed E-state index contributed by atoms with van der Waals surface area (Å²) in [5.41, 5.74) is 1.56. The smallest absolute Gasteiger partial charge is 0.166 e. The van der Waals surface area contributed by atoms with Gasteiger partial charge in [-0.05, 0) is 68.2 Å². The number of halogens is 1. The first kappa shape index (κ1) is 25.1. The number of hydrogen-bond acceptors (Lipinski definition) is 4. The Morgan fingerprint density at radius 2 is 1.64 bits per heavy atom. The molecule has 0 N–H and O–H groups in total. The molecule has 5 heteroatoms. The molecule has 1 aromatic carbocycles. The highest BCUT2D eigenvalue weighted by molar-refractivity contribution is 5.36. The summed E-state index contributed by atoms with van der Waals surface area (Å²) in [4.78, 5) is 9.36. The zero-order valence-corrected chi connectivity index (χ0v) is 20.1. The zero-order valence-electron chi connectivity index (χ0n) is 20.1. The second-order valence-electron chi connectivity index (χ2n) is 9.46. The van der Waals surface area contributed by atoms with E-state index < -0.39 is 5.82 Å². The predicted molar refractivity (Wildman–Crippen MR) is 130 cm³/mol. The van der Waals surface area contributed by atoms with Crippen molar-refractivity contribution in [2.24, 2.45) is 5.92 Å². The molecule has 4 nitrogen and oxygen atoms in total. The summed E-state index contributed by atoms with van der Waals surface area (Å²) in [5.74, 6) is 1.55. The Bertz CT molecular complexity index is 870. The molecule has 1 aliphatic carbocycles. The molecule has 1 saturated carbocycles. The van der Waals surface area contributed by atoms with Gasteiger partial charge in [-0.2, -0.15) is 5.26 Å². The average Bonchev–Trinajstić information content (AvgIpc) is 2.85. The number of rotatable bonds is 13. The van der Waals surface area contributed by atoms with Gasteiger partial charge in [0.2, 0.25) is 0 Å². The van der Waals surface area contributed by atoms with Crippen LogP contribution in [0.2, 0.25) is 0 Å². The Hall–Kier alpha value is -2.48. The van der Waals surface area contributed by atoms with Gasteiger partial charge in [-0.1, -0.05) is 51.9 Å². The van der Waals surface area contributed by atoms with Crippen molar-refractivity contribution in [1.29, 1.82) is 5.26 Å². The summed E-state index contributed by atoms with van der Waals surface area (Å²) < 4.78 is 19.7. The van der Waals surface area contributed by atoms with Crippen LogP contribution in [0, 0.1) is 23.1 Å². The summed E-state index contributed by atoms with van der Waals surface area (Å²) in [6.07, 6.45) is 19.9. The Morgan fingerprint density at radius 1 is 0.970 bits per heavy atom. The van der Waals surface area contributed by atoms with E-state index in [9.17, 15) is 4.39 Å². The Labute approximate surface area is 198 Å². The van der Waals surface area contributed by atoms with Crippen LogP contribution in [0.5, 0.6) is 5.75 Å². The van der Waals surface area contributed by atoms with Crippen molar-refractivity contribution >= 4 is 0 Å². The molecular weight excluding hydrogens is 413 g/mol. The summed E-state index contributed by atoms with van der Waals surface area (Å²) in [6, 6.07) is 6.30. The third-order valence-corrected chi connectivity index (χ3v) is 6.79. The largest absolute Gasteiger partial charge is 0.490 e. The number of unbranched alkanes of at least 4 members (excludes halogenated alkanes) is 7. The fourth-order valence-electron chi connectivity index (χ4n) is 4.65. The molecule has 0 unspecified atom stereocenters. The molecule has 0 spiro atoms. The fourth-order valence-corrected chi connectivity index (χ4v) is 4.65. The van der Waals surface area contributed by atoms with Gasteiger partial charge in [0.25, 0.3) is 0 Å². The molecule has 0 amide bonds. The third kappa shape index (κ3) is 8.42. The van der Waals surface area contributed by atoms with E-state index in [1.165, 1.54) is 63.0 Å². The lowest BCUT2D eigenvalue weighted by Crippen LogP contribution is -2.20. The van der Waals surface area contributed by atoms with Crippen molar-refractivity contribution in [1.82, 2.24) is 9.97 Å². The van der Waals surface area contributed by atoms with E-state index >= 15 is 0 Å². The SMILES string of the molecule is CCCCCCCCCCc1cnc(C2CCC(COc3ccc(C#N)cc3F)CC2)nc1. The van der Waals surface area contributed by atoms with E-state index in [-0.39, 0.29) is 5.75 Å². The van der Waals surface area contributed by atoms with E-state index in [0.29, 0.717) is 24.0 Å². The number of aromatic nitrogens is 2. The first-order chi connectivity index (χ1) is 16.2. The van der Waals surface area contributed by atoms with Gasteiger partial charge in [0.1, 0.15) is 5.82 Å². The Kier molecular flexibility index (Phi) is 10.6. The quantitative estimate of drug-likeness (QED) is 0.295. The van der Waals surface area contributed by atoms with Gasteiger partial charge in [0.05, 0.1) is 18.2 Å². The normalized spacial score (nSPS) is 18.1. The van der Waals surface area contributed by atoms with Crippen LogP contribution in [0.25, 0.3) is 0 Å². The zero-order chi connectivity index (χ0) is 23.3. The third-order valence-electron chi connectivity index (χ3n) is 6.79. The predicted octanol–water partition coefficient (Wildman–Crippen LogP) is 7.52. The van der Waals surface area contributed by atoms with Crippen molar-refractivity contribution in [3.8, 4) is 11.8 Å². The lowest BCUT2D eigenvalue weighted by atomic mass is 9.82. The van der Waals surface area contributed by atoms with Crippen LogP contribution in [-0.2, 0) is 6.42 Å². The van der Waals surface area contributed by atoms with Crippen LogP contribution in [0.4, 0.5) is 4.39 Å². The molecule has 2 aromatic rings. The van der Waals surface area contributed by atoms with E-state index in [0.717, 1.165) is 37.9 Å². The first-order valence-electron chi connectivity index (χ1n) is 12.8. The van der Waals surface area contributed by atoms with Gasteiger partial charge < -0.3 is 4.74 Å². The van der Waals surface area contributed by atoms with E-state index in [2.05, 4.69) is 16.9 Å². The minimum Gasteiger partial charge on any atom is -0.490 e. The standard InChI is InChI=1S/C28H38FN3O/c1-2-3-4-5-6-7-8-9-10-24-19-31-28(32-20-24)25-14-11-22(12-15-25)21-33-27-16-13-23(18-30)17-26(27)29/h13,16-17,19-20,22,25H,2-12,14-15,21H2,1H3. The molecule has 0 atom stereocenters. The molecule has 1 aromatic heterocycles. The Balaban J connectivity index is 1.33. The van der Waals surface area contributed by atoms with Crippen LogP contribution in [0.3, 0.4) is 0 Å². The van der Waals surface area contributed by atoms with Crippen LogP contribution >= 0.6 is 0 Å². The van der Waals surface area contributed by atoms with Crippen LogP contribution < -0.4 is 4.74 Å². The number of aryl methyl sites for hydroxylation is 1. The molecule has 0 bridgehead atoms. The van der Waals surface area contributed by atoms with Gasteiger partial charge in [-0.15, -0.1) is 0 Å². The topological polar surface area (TPSA) is 58.8 Å². The number of nitrogens with zero attached hydrogens (tertiary/aromatic N) is 3. The van der Waals surface area contributed by atoms with Gasteiger partial charge in [-0.25, -0.2) is 14.4 Å². The summed E-state index contributed by atoms with van der Waals surface area (Å²) >= 11 is 0. The molecule has 178 valence electrons. The maximum atomic E-state index is 14.0. The van der Waals surface area contributed by atoms with Crippen molar-refractivity contribution in [2.75, 3.05) is 6.61 Å². The van der Waals surface area contributed by atoms with Crippen molar-refractivity contribution < 1.29 is 9.13 Å². The van der Waals surface area contributed by atoms with E-state index in [4.69, 9.17) is 10.00 Å². The molecular formula is C28H38FN3O. The average molecular weight is 452 g/mol. The molecule has 1 aliphatic rings. The molecule has 3 rings (SSSR count). The highest BCUT2D eigenvalue weighted by Crippen LogP contribution is 2.34. The van der Waals surface area contributed by atoms with Gasteiger partial charge in [-0.3, -0.25) is 0 Å². The number of ether oxygens (including phenoxy) is 1. The molecule has 0 saturated heterocycles. The number of hydrogen-bond donors (Lipinski definition) is 0. The molecule has 0 aliphatic heterocycles. The number of benzene rings is 1. The van der Waals surface area contributed by atoms with Gasteiger partial charge >= 0.3 is 0 Å². The van der Waals surface area contributed by atoms with Gasteiger partial charge in [0.15, 0.2) is 11.6 Å². The number of nitriles is 1.